The lowest BCUT2D eigenvalue weighted by Crippen LogP contribution is -2.49. The van der Waals surface area contributed by atoms with Gasteiger partial charge in [-0.25, -0.2) is 8.78 Å². The molecule has 0 spiro atoms. The van der Waals surface area contributed by atoms with Crippen LogP contribution in [-0.4, -0.2) is 46.8 Å². The zero-order valence-electron chi connectivity index (χ0n) is 13.5. The Morgan fingerprint density at radius 1 is 1.24 bits per heavy atom. The Hall–Kier alpha value is -1.97. The fraction of sp³-hybridized carbons (Fsp3) is 0.438. The molecule has 1 heterocycles. The number of nitrogens with one attached hydrogen (secondary N) is 1. The monoisotopic (exact) mass is 370 g/mol. The molecule has 1 unspecified atom stereocenters. The van der Waals surface area contributed by atoms with Crippen LogP contribution < -0.4 is 16.8 Å². The molecule has 6 nitrogen and oxygen atoms in total. The first kappa shape index (κ1) is 19.4. The number of carbonyl (C=O) groups is 2. The lowest BCUT2D eigenvalue weighted by Gasteiger charge is -2.31. The first-order valence-corrected chi connectivity index (χ1v) is 8.18. The maximum Gasteiger partial charge on any atom is 0.256 e. The summed E-state index contributed by atoms with van der Waals surface area (Å²) in [5, 5.41) is 2.36. The molecule has 1 fully saturated rings. The third kappa shape index (κ3) is 5.52. The van der Waals surface area contributed by atoms with Crippen molar-refractivity contribution in [2.45, 2.75) is 31.4 Å². The molecule has 0 radical (unpaired) electrons. The van der Waals surface area contributed by atoms with Crippen molar-refractivity contribution in [1.29, 1.82) is 0 Å². The van der Waals surface area contributed by atoms with Crippen molar-refractivity contribution < 1.29 is 18.4 Å². The molecule has 2 amide bonds. The molecule has 0 aliphatic carbocycles. The quantitative estimate of drug-likeness (QED) is 0.665. The van der Waals surface area contributed by atoms with E-state index in [-0.39, 0.29) is 17.8 Å². The number of benzene rings is 1. The predicted octanol–water partition coefficient (Wildman–Crippen LogP) is 0.787. The Kier molecular flexibility index (Phi) is 6.15. The van der Waals surface area contributed by atoms with Gasteiger partial charge in [-0.15, -0.1) is 0 Å². The highest BCUT2D eigenvalue weighted by atomic mass is 32.1. The maximum atomic E-state index is 13.1. The van der Waals surface area contributed by atoms with Crippen LogP contribution in [0, 0.1) is 0 Å². The van der Waals surface area contributed by atoms with Crippen molar-refractivity contribution in [3.8, 4) is 0 Å². The minimum absolute atomic E-state index is 0.134. The molecular weight excluding hydrogens is 350 g/mol. The third-order valence-electron chi connectivity index (χ3n) is 4.04. The standard InChI is InChI=1S/C16H20F2N4O2S/c17-16(18)5-7-22(8-6-16)9-10-1-3-11(4-2-10)14(24)21-15(25)12(19)13(20)23/h1-4,12H,5-9,19H2,(H2,20,23)(H,21,24,25). The number of hydrogen-bond donors (Lipinski definition) is 3. The van der Waals surface area contributed by atoms with Crippen molar-refractivity contribution in [2.24, 2.45) is 11.5 Å². The number of halogens is 2. The lowest BCUT2D eigenvalue weighted by atomic mass is 10.1. The van der Waals surface area contributed by atoms with Crippen molar-refractivity contribution in [1.82, 2.24) is 10.2 Å². The Balaban J connectivity index is 1.90. The van der Waals surface area contributed by atoms with Crippen LogP contribution in [0.5, 0.6) is 0 Å². The molecule has 1 aromatic rings. The van der Waals surface area contributed by atoms with Crippen LogP contribution in [0.1, 0.15) is 28.8 Å². The average molecular weight is 370 g/mol. The summed E-state index contributed by atoms with van der Waals surface area (Å²) in [5.41, 5.74) is 11.7. The Morgan fingerprint density at radius 2 is 1.80 bits per heavy atom. The van der Waals surface area contributed by atoms with Crippen LogP contribution in [0.25, 0.3) is 0 Å². The van der Waals surface area contributed by atoms with E-state index in [2.05, 4.69) is 5.32 Å². The van der Waals surface area contributed by atoms with Gasteiger partial charge < -0.3 is 16.8 Å². The molecular formula is C16H20F2N4O2S. The van der Waals surface area contributed by atoms with Gasteiger partial charge in [0.15, 0.2) is 0 Å². The van der Waals surface area contributed by atoms with Crippen LogP contribution in [0.4, 0.5) is 8.78 Å². The number of carbonyl (C=O) groups excluding carboxylic acids is 2. The van der Waals surface area contributed by atoms with Gasteiger partial charge in [0.1, 0.15) is 11.0 Å². The van der Waals surface area contributed by atoms with Crippen molar-refractivity contribution in [2.75, 3.05) is 13.1 Å². The largest absolute Gasteiger partial charge is 0.368 e. The number of thiocarbonyl (C=S) groups is 1. The molecule has 25 heavy (non-hydrogen) atoms. The van der Waals surface area contributed by atoms with Crippen molar-refractivity contribution >= 4 is 29.0 Å². The van der Waals surface area contributed by atoms with E-state index < -0.39 is 23.8 Å². The van der Waals surface area contributed by atoms with E-state index in [0.717, 1.165) is 5.56 Å². The fourth-order valence-electron chi connectivity index (χ4n) is 2.45. The number of nitrogens with two attached hydrogens (primary N) is 2. The van der Waals surface area contributed by atoms with Gasteiger partial charge in [0.25, 0.3) is 11.8 Å². The van der Waals surface area contributed by atoms with Gasteiger partial charge in [0.05, 0.1) is 0 Å². The number of alkyl halides is 2. The highest BCUT2D eigenvalue weighted by Gasteiger charge is 2.33. The topological polar surface area (TPSA) is 101 Å². The molecule has 1 aromatic carbocycles. The number of hydrogen-bond acceptors (Lipinski definition) is 5. The molecule has 136 valence electrons. The summed E-state index contributed by atoms with van der Waals surface area (Å²) in [5.74, 6) is -3.89. The van der Waals surface area contributed by atoms with Crippen LogP contribution in [0.15, 0.2) is 24.3 Å². The minimum Gasteiger partial charge on any atom is -0.368 e. The van der Waals surface area contributed by atoms with E-state index in [1.807, 2.05) is 4.90 Å². The normalized spacial score (nSPS) is 18.4. The SMILES string of the molecule is NC(=O)C(N)C(=S)NC(=O)c1ccc(CN2CCC(F)(F)CC2)cc1. The van der Waals surface area contributed by atoms with Gasteiger partial charge in [-0.3, -0.25) is 14.5 Å². The number of rotatable bonds is 5. The van der Waals surface area contributed by atoms with Crippen LogP contribution in [0.3, 0.4) is 0 Å². The Morgan fingerprint density at radius 3 is 2.32 bits per heavy atom. The van der Waals surface area contributed by atoms with Crippen LogP contribution in [0.2, 0.25) is 0 Å². The van der Waals surface area contributed by atoms with E-state index in [4.69, 9.17) is 23.7 Å². The first-order chi connectivity index (χ1) is 11.7. The second-order valence-corrected chi connectivity index (χ2v) is 6.47. The Labute approximate surface area is 149 Å². The molecule has 2 rings (SSSR count). The zero-order valence-corrected chi connectivity index (χ0v) is 14.3. The summed E-state index contributed by atoms with van der Waals surface area (Å²) in [4.78, 5) is 24.8. The molecule has 0 bridgehead atoms. The highest BCUT2D eigenvalue weighted by Crippen LogP contribution is 2.28. The van der Waals surface area contributed by atoms with E-state index >= 15 is 0 Å². The smallest absolute Gasteiger partial charge is 0.256 e. The molecule has 9 heteroatoms. The Bertz CT molecular complexity index is 657. The molecule has 1 aliphatic rings. The van der Waals surface area contributed by atoms with Gasteiger partial charge in [-0.1, -0.05) is 24.4 Å². The van der Waals surface area contributed by atoms with Gasteiger partial charge in [0, 0.05) is 38.0 Å². The van der Waals surface area contributed by atoms with Gasteiger partial charge in [0.2, 0.25) is 5.91 Å². The van der Waals surface area contributed by atoms with E-state index in [1.165, 1.54) is 0 Å². The number of nitrogens with zero attached hydrogens (tertiary/aromatic N) is 1. The molecule has 1 saturated heterocycles. The van der Waals surface area contributed by atoms with Crippen molar-refractivity contribution in [3.05, 3.63) is 35.4 Å². The first-order valence-electron chi connectivity index (χ1n) is 7.77. The average Bonchev–Trinajstić information content (AvgIpc) is 2.56. The predicted molar refractivity (Wildman–Crippen MR) is 93.1 cm³/mol. The molecule has 1 aliphatic heterocycles. The minimum atomic E-state index is -2.57. The molecule has 0 aromatic heterocycles. The van der Waals surface area contributed by atoms with Gasteiger partial charge in [-0.05, 0) is 17.7 Å². The number of amides is 2. The zero-order chi connectivity index (χ0) is 18.6. The molecule has 0 saturated carbocycles. The van der Waals surface area contributed by atoms with E-state index in [9.17, 15) is 18.4 Å². The van der Waals surface area contributed by atoms with Crippen LogP contribution >= 0.6 is 12.2 Å². The number of piperidine rings is 1. The maximum absolute atomic E-state index is 13.1. The summed E-state index contributed by atoms with van der Waals surface area (Å²) < 4.78 is 26.3. The highest BCUT2D eigenvalue weighted by molar-refractivity contribution is 7.80. The van der Waals surface area contributed by atoms with Crippen molar-refractivity contribution in [3.63, 3.8) is 0 Å². The second kappa shape index (κ2) is 7.94. The van der Waals surface area contributed by atoms with E-state index in [1.54, 1.807) is 24.3 Å². The fourth-order valence-corrected chi connectivity index (χ4v) is 2.66. The third-order valence-corrected chi connectivity index (χ3v) is 4.39. The summed E-state index contributed by atoms with van der Waals surface area (Å²) >= 11 is 4.86. The van der Waals surface area contributed by atoms with E-state index in [0.29, 0.717) is 25.2 Å². The van der Waals surface area contributed by atoms with Crippen LogP contribution in [-0.2, 0) is 11.3 Å². The summed E-state index contributed by atoms with van der Waals surface area (Å²) in [6, 6.07) is 5.47. The summed E-state index contributed by atoms with van der Waals surface area (Å²) in [6.45, 7) is 1.23. The molecule has 5 N–H and O–H groups in total. The number of likely N-dealkylation sites (tertiary alicyclic amines) is 1. The molecule has 1 atom stereocenters. The summed E-state index contributed by atoms with van der Waals surface area (Å²) in [7, 11) is 0. The second-order valence-electron chi connectivity index (χ2n) is 6.03. The van der Waals surface area contributed by atoms with Gasteiger partial charge in [-0.2, -0.15) is 0 Å². The number of primary amides is 1. The summed E-state index contributed by atoms with van der Waals surface area (Å²) in [6.07, 6.45) is -0.268. The van der Waals surface area contributed by atoms with Gasteiger partial charge >= 0.3 is 0 Å². The lowest BCUT2D eigenvalue weighted by molar-refractivity contribution is -0.117.